The molecule has 3 atom stereocenters. The second-order valence-electron chi connectivity index (χ2n) is 6.28. The van der Waals surface area contributed by atoms with E-state index in [2.05, 4.69) is 12.2 Å². The molecule has 0 bridgehead atoms. The molecule has 2 N–H and O–H groups in total. The molecular formula is C19H25NO4. The lowest BCUT2D eigenvalue weighted by molar-refractivity contribution is 0.126. The Bertz CT molecular complexity index is 641. The van der Waals surface area contributed by atoms with Gasteiger partial charge in [0.2, 0.25) is 0 Å². The van der Waals surface area contributed by atoms with E-state index in [4.69, 9.17) is 13.9 Å². The lowest BCUT2D eigenvalue weighted by Crippen LogP contribution is -2.31. The van der Waals surface area contributed by atoms with E-state index in [0.717, 1.165) is 36.5 Å². The van der Waals surface area contributed by atoms with Gasteiger partial charge in [-0.05, 0) is 56.5 Å². The van der Waals surface area contributed by atoms with E-state index in [-0.39, 0.29) is 12.1 Å². The Morgan fingerprint density at radius 3 is 3.00 bits per heavy atom. The maximum absolute atomic E-state index is 10.3. The summed E-state index contributed by atoms with van der Waals surface area (Å²) in [6.45, 7) is 2.80. The fourth-order valence-electron chi connectivity index (χ4n) is 3.20. The third-order valence-corrected chi connectivity index (χ3v) is 4.42. The van der Waals surface area contributed by atoms with Crippen molar-refractivity contribution in [2.45, 2.75) is 44.4 Å². The van der Waals surface area contributed by atoms with E-state index < -0.39 is 6.10 Å². The minimum atomic E-state index is -0.602. The van der Waals surface area contributed by atoms with E-state index in [0.29, 0.717) is 12.2 Å². The van der Waals surface area contributed by atoms with Crippen LogP contribution in [0.3, 0.4) is 0 Å². The monoisotopic (exact) mass is 331 g/mol. The van der Waals surface area contributed by atoms with E-state index >= 15 is 0 Å². The van der Waals surface area contributed by atoms with Crippen molar-refractivity contribution in [2.24, 2.45) is 0 Å². The highest BCUT2D eigenvalue weighted by molar-refractivity contribution is 5.42. The fraction of sp³-hybridized carbons (Fsp3) is 0.474. The molecule has 1 aromatic heterocycles. The Kier molecular flexibility index (Phi) is 5.43. The number of aliphatic hydroxyl groups excluding tert-OH is 1. The number of hydrogen-bond donors (Lipinski definition) is 2. The average molecular weight is 331 g/mol. The van der Waals surface area contributed by atoms with E-state index in [1.165, 1.54) is 0 Å². The number of nitrogens with one attached hydrogen (secondary N) is 1. The quantitative estimate of drug-likeness (QED) is 0.847. The van der Waals surface area contributed by atoms with Gasteiger partial charge in [-0.15, -0.1) is 0 Å². The summed E-state index contributed by atoms with van der Waals surface area (Å²) in [6, 6.07) is 9.83. The number of benzene rings is 1. The summed E-state index contributed by atoms with van der Waals surface area (Å²) >= 11 is 0. The molecule has 24 heavy (non-hydrogen) atoms. The van der Waals surface area contributed by atoms with Gasteiger partial charge in [0.05, 0.1) is 20.0 Å². The molecule has 5 heteroatoms. The van der Waals surface area contributed by atoms with Crippen molar-refractivity contribution < 1.29 is 19.0 Å². The van der Waals surface area contributed by atoms with Gasteiger partial charge < -0.3 is 24.3 Å². The normalized spacial score (nSPS) is 19.7. The van der Waals surface area contributed by atoms with E-state index in [9.17, 15) is 5.11 Å². The first-order valence-corrected chi connectivity index (χ1v) is 8.45. The molecule has 0 amide bonds. The Balaban J connectivity index is 1.70. The number of fused-ring (bicyclic) bond motifs is 1. The fourth-order valence-corrected chi connectivity index (χ4v) is 3.20. The molecule has 0 spiro atoms. The van der Waals surface area contributed by atoms with Gasteiger partial charge in [0.15, 0.2) is 0 Å². The summed E-state index contributed by atoms with van der Waals surface area (Å²) in [5, 5.41) is 13.9. The SMILES string of the molecule is COc1ccc2c(c1)C(NC(C)CC(O)c1ccco1)CCCO2. The molecule has 0 saturated carbocycles. The Morgan fingerprint density at radius 1 is 1.38 bits per heavy atom. The summed E-state index contributed by atoms with van der Waals surface area (Å²) in [4.78, 5) is 0. The summed E-state index contributed by atoms with van der Waals surface area (Å²) in [5.74, 6) is 2.34. The van der Waals surface area contributed by atoms with Gasteiger partial charge >= 0.3 is 0 Å². The number of furan rings is 1. The molecule has 3 unspecified atom stereocenters. The zero-order valence-electron chi connectivity index (χ0n) is 14.2. The highest BCUT2D eigenvalue weighted by atomic mass is 16.5. The Labute approximate surface area is 142 Å². The minimum Gasteiger partial charge on any atom is -0.497 e. The van der Waals surface area contributed by atoms with Crippen LogP contribution in [0.15, 0.2) is 41.0 Å². The first-order chi connectivity index (χ1) is 11.7. The van der Waals surface area contributed by atoms with Crippen molar-refractivity contribution in [3.05, 3.63) is 47.9 Å². The highest BCUT2D eigenvalue weighted by Crippen LogP contribution is 2.35. The summed E-state index contributed by atoms with van der Waals surface area (Å²) in [5.41, 5.74) is 1.12. The third-order valence-electron chi connectivity index (χ3n) is 4.42. The molecule has 1 aromatic carbocycles. The van der Waals surface area contributed by atoms with Crippen molar-refractivity contribution >= 4 is 0 Å². The first kappa shape index (κ1) is 16.9. The van der Waals surface area contributed by atoms with E-state index in [1.54, 1.807) is 25.5 Å². The van der Waals surface area contributed by atoms with Crippen LogP contribution in [0.25, 0.3) is 0 Å². The Hall–Kier alpha value is -1.98. The molecule has 0 aliphatic carbocycles. The zero-order chi connectivity index (χ0) is 16.9. The molecular weight excluding hydrogens is 306 g/mol. The lowest BCUT2D eigenvalue weighted by Gasteiger charge is -2.24. The van der Waals surface area contributed by atoms with Crippen molar-refractivity contribution in [1.82, 2.24) is 5.32 Å². The second-order valence-corrected chi connectivity index (χ2v) is 6.28. The second kappa shape index (κ2) is 7.73. The van der Waals surface area contributed by atoms with Crippen LogP contribution in [0, 0.1) is 0 Å². The largest absolute Gasteiger partial charge is 0.497 e. The van der Waals surface area contributed by atoms with Crippen LogP contribution in [0.4, 0.5) is 0 Å². The van der Waals surface area contributed by atoms with Crippen molar-refractivity contribution in [2.75, 3.05) is 13.7 Å². The molecule has 0 saturated heterocycles. The predicted molar refractivity (Wildman–Crippen MR) is 91.3 cm³/mol. The van der Waals surface area contributed by atoms with Crippen molar-refractivity contribution in [3.63, 3.8) is 0 Å². The molecule has 130 valence electrons. The number of hydrogen-bond acceptors (Lipinski definition) is 5. The van der Waals surface area contributed by atoms with Gasteiger partial charge in [0.1, 0.15) is 23.4 Å². The minimum absolute atomic E-state index is 0.132. The molecule has 1 aliphatic heterocycles. The molecule has 2 aromatic rings. The van der Waals surface area contributed by atoms with Gasteiger partial charge in [-0.1, -0.05) is 0 Å². The average Bonchev–Trinajstić information content (AvgIpc) is 3.05. The van der Waals surface area contributed by atoms with Gasteiger partial charge in [-0.3, -0.25) is 0 Å². The topological polar surface area (TPSA) is 63.9 Å². The molecule has 2 heterocycles. The molecule has 0 radical (unpaired) electrons. The molecule has 1 aliphatic rings. The highest BCUT2D eigenvalue weighted by Gasteiger charge is 2.23. The standard InChI is InChI=1S/C19H25NO4/c1-13(11-17(21)19-6-4-10-24-19)20-16-5-3-9-23-18-8-7-14(22-2)12-15(16)18/h4,6-8,10,12-13,16-17,20-21H,3,5,9,11H2,1-2H3. The summed E-state index contributed by atoms with van der Waals surface area (Å²) in [7, 11) is 1.67. The van der Waals surface area contributed by atoms with Crippen molar-refractivity contribution in [1.29, 1.82) is 0 Å². The van der Waals surface area contributed by atoms with Crippen LogP contribution in [0.5, 0.6) is 11.5 Å². The maximum Gasteiger partial charge on any atom is 0.132 e. The van der Waals surface area contributed by atoms with Crippen LogP contribution in [0.1, 0.15) is 49.7 Å². The first-order valence-electron chi connectivity index (χ1n) is 8.45. The zero-order valence-corrected chi connectivity index (χ0v) is 14.2. The number of rotatable bonds is 6. The van der Waals surface area contributed by atoms with Crippen LogP contribution in [-0.4, -0.2) is 24.9 Å². The van der Waals surface area contributed by atoms with Crippen LogP contribution < -0.4 is 14.8 Å². The summed E-state index contributed by atoms with van der Waals surface area (Å²) in [6.07, 6.45) is 3.55. The van der Waals surface area contributed by atoms with Gasteiger partial charge in [-0.2, -0.15) is 0 Å². The smallest absolute Gasteiger partial charge is 0.132 e. The third kappa shape index (κ3) is 3.91. The van der Waals surface area contributed by atoms with Gasteiger partial charge in [0, 0.05) is 17.6 Å². The molecule has 0 fully saturated rings. The van der Waals surface area contributed by atoms with Gasteiger partial charge in [0.25, 0.3) is 0 Å². The molecule has 3 rings (SSSR count). The summed E-state index contributed by atoms with van der Waals surface area (Å²) < 4.78 is 16.5. The van der Waals surface area contributed by atoms with Crippen molar-refractivity contribution in [3.8, 4) is 11.5 Å². The Morgan fingerprint density at radius 2 is 2.25 bits per heavy atom. The number of aliphatic hydroxyl groups is 1. The maximum atomic E-state index is 10.3. The number of methoxy groups -OCH3 is 1. The van der Waals surface area contributed by atoms with Crippen LogP contribution >= 0.6 is 0 Å². The van der Waals surface area contributed by atoms with Crippen LogP contribution in [-0.2, 0) is 0 Å². The lowest BCUT2D eigenvalue weighted by atomic mass is 9.99. The van der Waals surface area contributed by atoms with Crippen LogP contribution in [0.2, 0.25) is 0 Å². The van der Waals surface area contributed by atoms with E-state index in [1.807, 2.05) is 18.2 Å². The van der Waals surface area contributed by atoms with Gasteiger partial charge in [-0.25, -0.2) is 0 Å². The number of ether oxygens (including phenoxy) is 2. The molecule has 5 nitrogen and oxygen atoms in total. The predicted octanol–water partition coefficient (Wildman–Crippen LogP) is 3.60.